The van der Waals surface area contributed by atoms with Gasteiger partial charge in [-0.1, -0.05) is 49.7 Å². The van der Waals surface area contributed by atoms with Crippen LogP contribution in [0, 0.1) is 5.92 Å². The van der Waals surface area contributed by atoms with Crippen molar-refractivity contribution >= 4 is 27.5 Å². The molecule has 176 valence electrons. The van der Waals surface area contributed by atoms with Gasteiger partial charge in [-0.15, -0.1) is 0 Å². The summed E-state index contributed by atoms with van der Waals surface area (Å²) in [5.41, 5.74) is 1.86. The third-order valence-electron chi connectivity index (χ3n) is 4.30. The first-order valence-corrected chi connectivity index (χ1v) is 12.4. The monoisotopic (exact) mass is 482 g/mol. The molecule has 0 fully saturated rings. The Morgan fingerprint density at radius 2 is 1.69 bits per heavy atom. The highest BCUT2D eigenvalue weighted by atomic mass is 35.5. The molecule has 9 heteroatoms. The zero-order valence-corrected chi connectivity index (χ0v) is 20.6. The molecule has 2 rings (SSSR count). The van der Waals surface area contributed by atoms with Crippen LogP contribution in [0.2, 0.25) is 5.02 Å². The van der Waals surface area contributed by atoms with E-state index < -0.39 is 10.0 Å². The smallest absolute Gasteiger partial charge is 0.251 e. The van der Waals surface area contributed by atoms with Gasteiger partial charge in [-0.2, -0.15) is 0 Å². The van der Waals surface area contributed by atoms with Crippen LogP contribution in [0.1, 0.15) is 49.2 Å². The summed E-state index contributed by atoms with van der Waals surface area (Å²) in [7, 11) is -1.89. The second kappa shape index (κ2) is 11.5. The van der Waals surface area contributed by atoms with Gasteiger partial charge in [-0.3, -0.25) is 4.79 Å². The Balaban J connectivity index is 2.02. The SMILES string of the molecule is COc1cc(C(=O)NCc2ccc(CS(=O)(=O)NC(C)C)cc2)cc(Cl)c1OCC(C)C. The van der Waals surface area contributed by atoms with E-state index in [2.05, 4.69) is 10.0 Å². The first-order valence-electron chi connectivity index (χ1n) is 10.4. The van der Waals surface area contributed by atoms with E-state index in [0.717, 1.165) is 5.56 Å². The molecule has 0 heterocycles. The van der Waals surface area contributed by atoms with Crippen molar-refractivity contribution in [2.45, 2.75) is 46.0 Å². The summed E-state index contributed by atoms with van der Waals surface area (Å²) in [5.74, 6) is 0.715. The number of halogens is 1. The molecule has 0 saturated heterocycles. The van der Waals surface area contributed by atoms with Crippen LogP contribution in [-0.2, 0) is 22.3 Å². The van der Waals surface area contributed by atoms with E-state index in [4.69, 9.17) is 21.1 Å². The lowest BCUT2D eigenvalue weighted by Crippen LogP contribution is -2.31. The summed E-state index contributed by atoms with van der Waals surface area (Å²) in [6, 6.07) is 10.0. The Morgan fingerprint density at radius 1 is 1.06 bits per heavy atom. The maximum atomic E-state index is 12.6. The van der Waals surface area contributed by atoms with Crippen LogP contribution in [0.25, 0.3) is 0 Å². The van der Waals surface area contributed by atoms with Crippen molar-refractivity contribution in [3.63, 3.8) is 0 Å². The van der Waals surface area contributed by atoms with Gasteiger partial charge in [0.1, 0.15) is 0 Å². The Hall–Kier alpha value is -2.29. The standard InChI is InChI=1S/C23H31ClN2O5S/c1-15(2)13-31-22-20(24)10-19(11-21(22)30-5)23(27)25-12-17-6-8-18(9-7-17)14-32(28,29)26-16(3)4/h6-11,15-16,26H,12-14H2,1-5H3,(H,25,27). The number of ether oxygens (including phenoxy) is 2. The van der Waals surface area contributed by atoms with Crippen LogP contribution < -0.4 is 19.5 Å². The Labute approximate surface area is 195 Å². The van der Waals surface area contributed by atoms with E-state index in [1.54, 1.807) is 50.2 Å². The quantitative estimate of drug-likeness (QED) is 0.502. The first kappa shape index (κ1) is 26.0. The van der Waals surface area contributed by atoms with Gasteiger partial charge < -0.3 is 14.8 Å². The minimum absolute atomic E-state index is 0.0959. The summed E-state index contributed by atoms with van der Waals surface area (Å²) in [6.45, 7) is 8.36. The average molecular weight is 483 g/mol. The minimum atomic E-state index is -3.39. The predicted molar refractivity (Wildman–Crippen MR) is 127 cm³/mol. The fraction of sp³-hybridized carbons (Fsp3) is 0.435. The van der Waals surface area contributed by atoms with Crippen molar-refractivity contribution in [3.8, 4) is 11.5 Å². The maximum Gasteiger partial charge on any atom is 0.251 e. The third kappa shape index (κ3) is 8.00. The van der Waals surface area contributed by atoms with E-state index in [-0.39, 0.29) is 24.2 Å². The number of methoxy groups -OCH3 is 1. The van der Waals surface area contributed by atoms with Crippen LogP contribution in [0.3, 0.4) is 0 Å². The number of rotatable bonds is 11. The topological polar surface area (TPSA) is 93.7 Å². The summed E-state index contributed by atoms with van der Waals surface area (Å²) in [4.78, 5) is 12.6. The molecular formula is C23H31ClN2O5S. The van der Waals surface area contributed by atoms with Gasteiger partial charge in [0.05, 0.1) is 24.5 Å². The molecule has 1 amide bonds. The molecule has 7 nitrogen and oxygen atoms in total. The van der Waals surface area contributed by atoms with E-state index in [1.807, 2.05) is 13.8 Å². The van der Waals surface area contributed by atoms with Crippen molar-refractivity contribution in [3.05, 3.63) is 58.1 Å². The predicted octanol–water partition coefficient (Wildman–Crippen LogP) is 4.14. The lowest BCUT2D eigenvalue weighted by molar-refractivity contribution is 0.0950. The summed E-state index contributed by atoms with van der Waals surface area (Å²) < 4.78 is 37.7. The summed E-state index contributed by atoms with van der Waals surface area (Å²) in [5, 5.41) is 3.13. The zero-order valence-electron chi connectivity index (χ0n) is 19.1. The Bertz CT molecular complexity index is 1020. The highest BCUT2D eigenvalue weighted by molar-refractivity contribution is 7.88. The van der Waals surface area contributed by atoms with Gasteiger partial charge >= 0.3 is 0 Å². The molecule has 0 aliphatic rings. The van der Waals surface area contributed by atoms with Crippen molar-refractivity contribution in [2.24, 2.45) is 5.92 Å². The average Bonchev–Trinajstić information content (AvgIpc) is 2.70. The molecule has 0 aromatic heterocycles. The zero-order chi connectivity index (χ0) is 23.9. The molecule has 0 saturated carbocycles. The van der Waals surface area contributed by atoms with E-state index in [9.17, 15) is 13.2 Å². The molecule has 0 radical (unpaired) electrons. The lowest BCUT2D eigenvalue weighted by Gasteiger charge is -2.15. The lowest BCUT2D eigenvalue weighted by atomic mass is 10.1. The maximum absolute atomic E-state index is 12.6. The van der Waals surface area contributed by atoms with Gasteiger partial charge in [0.2, 0.25) is 10.0 Å². The number of amides is 1. The van der Waals surface area contributed by atoms with Crippen LogP contribution >= 0.6 is 11.6 Å². The number of hydrogen-bond acceptors (Lipinski definition) is 5. The summed E-state index contributed by atoms with van der Waals surface area (Å²) >= 11 is 6.32. The van der Waals surface area contributed by atoms with E-state index in [0.29, 0.717) is 40.2 Å². The highest BCUT2D eigenvalue weighted by Gasteiger charge is 2.17. The third-order valence-corrected chi connectivity index (χ3v) is 6.13. The highest BCUT2D eigenvalue weighted by Crippen LogP contribution is 2.36. The number of benzene rings is 2. The molecule has 0 aliphatic heterocycles. The van der Waals surface area contributed by atoms with Gasteiger partial charge in [0.15, 0.2) is 11.5 Å². The molecule has 0 aliphatic carbocycles. The van der Waals surface area contributed by atoms with Gasteiger partial charge in [-0.05, 0) is 43.0 Å². The van der Waals surface area contributed by atoms with E-state index in [1.165, 1.54) is 7.11 Å². The van der Waals surface area contributed by atoms with Crippen molar-refractivity contribution in [2.75, 3.05) is 13.7 Å². The van der Waals surface area contributed by atoms with Gasteiger partial charge in [0.25, 0.3) is 5.91 Å². The molecule has 0 bridgehead atoms. The van der Waals surface area contributed by atoms with Crippen LogP contribution in [0.15, 0.2) is 36.4 Å². The number of sulfonamides is 1. The van der Waals surface area contributed by atoms with Crippen molar-refractivity contribution in [1.29, 1.82) is 0 Å². The molecule has 0 atom stereocenters. The number of carbonyl (C=O) groups is 1. The number of carbonyl (C=O) groups excluding carboxylic acids is 1. The second-order valence-corrected chi connectivity index (χ2v) is 10.4. The van der Waals surface area contributed by atoms with Crippen molar-refractivity contribution in [1.82, 2.24) is 10.0 Å². The molecule has 2 aromatic rings. The summed E-state index contributed by atoms with van der Waals surface area (Å²) in [6.07, 6.45) is 0. The molecule has 2 aromatic carbocycles. The Morgan fingerprint density at radius 3 is 2.25 bits per heavy atom. The van der Waals surface area contributed by atoms with E-state index >= 15 is 0 Å². The fourth-order valence-corrected chi connectivity index (χ4v) is 4.60. The van der Waals surface area contributed by atoms with Crippen LogP contribution in [-0.4, -0.2) is 34.1 Å². The number of nitrogens with one attached hydrogen (secondary N) is 2. The van der Waals surface area contributed by atoms with Crippen molar-refractivity contribution < 1.29 is 22.7 Å². The van der Waals surface area contributed by atoms with Gasteiger partial charge in [0, 0.05) is 18.2 Å². The number of hydrogen-bond donors (Lipinski definition) is 2. The van der Waals surface area contributed by atoms with Crippen LogP contribution in [0.5, 0.6) is 11.5 Å². The largest absolute Gasteiger partial charge is 0.493 e. The second-order valence-electron chi connectivity index (χ2n) is 8.23. The molecule has 0 unspecified atom stereocenters. The van der Waals surface area contributed by atoms with Crippen LogP contribution in [0.4, 0.5) is 0 Å². The molecular weight excluding hydrogens is 452 g/mol. The van der Waals surface area contributed by atoms with Gasteiger partial charge in [-0.25, -0.2) is 13.1 Å². The minimum Gasteiger partial charge on any atom is -0.493 e. The Kier molecular flexibility index (Phi) is 9.36. The molecule has 0 spiro atoms. The normalized spacial score (nSPS) is 11.6. The fourth-order valence-electron chi connectivity index (χ4n) is 2.90. The molecule has 2 N–H and O–H groups in total. The first-order chi connectivity index (χ1) is 15.0. The molecule has 32 heavy (non-hydrogen) atoms.